The molecule has 0 radical (unpaired) electrons. The lowest BCUT2D eigenvalue weighted by Crippen LogP contribution is -2.40. The molecule has 0 aromatic heterocycles. The average molecular weight is 554 g/mol. The minimum Gasteiger partial charge on any atom is -0.507 e. The number of phenolic OH excluding ortho intramolecular Hbond substituents is 1. The number of imide groups is 1. The van der Waals surface area contributed by atoms with Crippen LogP contribution in [0, 0.1) is 17.8 Å². The molecule has 0 saturated carbocycles. The topological polar surface area (TPSA) is 129 Å². The van der Waals surface area contributed by atoms with E-state index in [2.05, 4.69) is 0 Å². The Bertz CT molecular complexity index is 1630. The van der Waals surface area contributed by atoms with Crippen molar-refractivity contribution >= 4 is 40.1 Å². The third-order valence-electron chi connectivity index (χ3n) is 9.17. The number of carboxylic acid groups (broad SMARTS) is 1. The summed E-state index contributed by atoms with van der Waals surface area (Å²) in [6.45, 7) is 1.88. The van der Waals surface area contributed by atoms with E-state index in [1.54, 1.807) is 19.1 Å². The predicted molar refractivity (Wildman–Crippen MR) is 150 cm³/mol. The molecule has 4 atom stereocenters. The van der Waals surface area contributed by atoms with Crippen molar-refractivity contribution in [1.29, 1.82) is 0 Å². The molecular formula is C33H31NO7. The van der Waals surface area contributed by atoms with Crippen LogP contribution in [0.15, 0.2) is 70.8 Å². The van der Waals surface area contributed by atoms with Crippen LogP contribution in [0.1, 0.15) is 56.9 Å². The predicted octanol–water partition coefficient (Wildman–Crippen LogP) is 4.62. The first-order chi connectivity index (χ1) is 19.7. The number of benzene rings is 2. The molecule has 4 unspecified atom stereocenters. The maximum Gasteiger partial charge on any atom is 0.303 e. The van der Waals surface area contributed by atoms with E-state index in [1.807, 2.05) is 30.3 Å². The summed E-state index contributed by atoms with van der Waals surface area (Å²) in [6.07, 6.45) is 5.60. The van der Waals surface area contributed by atoms with Gasteiger partial charge in [0, 0.05) is 41.0 Å². The number of carbonyl (C=O) groups is 5. The van der Waals surface area contributed by atoms with Gasteiger partial charge in [-0.15, -0.1) is 0 Å². The molecule has 2 N–H and O–H groups in total. The van der Waals surface area contributed by atoms with Gasteiger partial charge in [-0.1, -0.05) is 48.4 Å². The van der Waals surface area contributed by atoms with Crippen LogP contribution in [0.3, 0.4) is 0 Å². The van der Waals surface area contributed by atoms with E-state index in [0.29, 0.717) is 47.8 Å². The summed E-state index contributed by atoms with van der Waals surface area (Å²) in [5, 5.41) is 20.8. The lowest BCUT2D eigenvalue weighted by molar-refractivity contribution is -0.141. The summed E-state index contributed by atoms with van der Waals surface area (Å²) in [5.41, 5.74) is 2.86. The summed E-state index contributed by atoms with van der Waals surface area (Å²) < 4.78 is 0. The van der Waals surface area contributed by atoms with Gasteiger partial charge in [-0.05, 0) is 61.6 Å². The SMILES string of the molecule is CC1=CC(=O)C2=C(C1=O)C(c1ccc(O)c3ccccc13)C1=CCC3C(=O)N(CCCCCC(=O)O)C(=O)C3C1C2. The van der Waals surface area contributed by atoms with Crippen LogP contribution in [0.4, 0.5) is 0 Å². The number of hydrogen-bond acceptors (Lipinski definition) is 6. The van der Waals surface area contributed by atoms with Gasteiger partial charge in [-0.25, -0.2) is 0 Å². The molecule has 0 spiro atoms. The van der Waals surface area contributed by atoms with E-state index in [9.17, 15) is 29.1 Å². The normalized spacial score (nSPS) is 25.6. The van der Waals surface area contributed by atoms with E-state index >= 15 is 0 Å². The van der Waals surface area contributed by atoms with Crippen LogP contribution in [0.2, 0.25) is 0 Å². The smallest absolute Gasteiger partial charge is 0.303 e. The average Bonchev–Trinajstić information content (AvgIpc) is 3.20. The Morgan fingerprint density at radius 2 is 1.71 bits per heavy atom. The number of ketones is 2. The monoisotopic (exact) mass is 553 g/mol. The number of allylic oxidation sites excluding steroid dienone is 6. The van der Waals surface area contributed by atoms with Gasteiger partial charge in [0.2, 0.25) is 11.8 Å². The van der Waals surface area contributed by atoms with Crippen molar-refractivity contribution in [2.24, 2.45) is 17.8 Å². The zero-order valence-electron chi connectivity index (χ0n) is 22.8. The highest BCUT2D eigenvalue weighted by molar-refractivity contribution is 6.24. The number of likely N-dealkylation sites (tertiary alicyclic amines) is 1. The molecule has 210 valence electrons. The minimum absolute atomic E-state index is 0.0495. The van der Waals surface area contributed by atoms with Gasteiger partial charge in [0.25, 0.3) is 0 Å². The maximum absolute atomic E-state index is 13.8. The molecule has 1 fully saturated rings. The van der Waals surface area contributed by atoms with Crippen molar-refractivity contribution in [2.75, 3.05) is 6.54 Å². The molecule has 6 rings (SSSR count). The molecule has 8 heteroatoms. The molecular weight excluding hydrogens is 522 g/mol. The number of amides is 2. The zero-order valence-corrected chi connectivity index (χ0v) is 22.8. The fraction of sp³-hybridized carbons (Fsp3) is 0.364. The van der Waals surface area contributed by atoms with Gasteiger partial charge in [0.15, 0.2) is 11.6 Å². The molecule has 2 aromatic rings. The van der Waals surface area contributed by atoms with Crippen LogP contribution >= 0.6 is 0 Å². The van der Waals surface area contributed by atoms with Gasteiger partial charge in [-0.3, -0.25) is 28.9 Å². The Hall–Kier alpha value is -4.33. The van der Waals surface area contributed by atoms with E-state index in [0.717, 1.165) is 16.5 Å². The van der Waals surface area contributed by atoms with Crippen LogP contribution in [0.5, 0.6) is 5.75 Å². The lowest BCUT2D eigenvalue weighted by atomic mass is 9.59. The van der Waals surface area contributed by atoms with Crippen LogP contribution in [-0.2, 0) is 24.0 Å². The Balaban J connectivity index is 1.41. The van der Waals surface area contributed by atoms with Crippen LogP contribution in [0.25, 0.3) is 10.8 Å². The summed E-state index contributed by atoms with van der Waals surface area (Å²) in [6, 6.07) is 10.8. The first-order valence-corrected chi connectivity index (χ1v) is 14.2. The largest absolute Gasteiger partial charge is 0.507 e. The fourth-order valence-electron chi connectivity index (χ4n) is 7.28. The zero-order chi connectivity index (χ0) is 29.0. The number of unbranched alkanes of at least 4 members (excludes halogenated alkanes) is 2. The van der Waals surface area contributed by atoms with Gasteiger partial charge in [-0.2, -0.15) is 0 Å². The first kappa shape index (κ1) is 26.9. The molecule has 8 nitrogen and oxygen atoms in total. The first-order valence-electron chi connectivity index (χ1n) is 14.2. The third-order valence-corrected chi connectivity index (χ3v) is 9.17. The van der Waals surface area contributed by atoms with Gasteiger partial charge < -0.3 is 10.2 Å². The Labute approximate surface area is 237 Å². The summed E-state index contributed by atoms with van der Waals surface area (Å²) >= 11 is 0. The van der Waals surface area contributed by atoms with Crippen molar-refractivity contribution in [1.82, 2.24) is 4.90 Å². The number of phenols is 1. The molecule has 1 aliphatic heterocycles. The third kappa shape index (κ3) is 4.33. The number of carbonyl (C=O) groups excluding carboxylic acids is 4. The number of rotatable bonds is 7. The highest BCUT2D eigenvalue weighted by Crippen LogP contribution is 2.56. The van der Waals surface area contributed by atoms with Gasteiger partial charge >= 0.3 is 5.97 Å². The molecule has 4 aliphatic rings. The molecule has 2 amide bonds. The maximum atomic E-state index is 13.8. The summed E-state index contributed by atoms with van der Waals surface area (Å²) in [7, 11) is 0. The number of Topliss-reactive ketones (excluding diaryl/α,β-unsaturated/α-hetero) is 1. The number of nitrogens with zero attached hydrogens (tertiary/aromatic N) is 1. The van der Waals surface area contributed by atoms with E-state index < -0.39 is 29.6 Å². The van der Waals surface area contributed by atoms with Crippen LogP contribution < -0.4 is 0 Å². The second-order valence-electron chi connectivity index (χ2n) is 11.5. The number of fused-ring (bicyclic) bond motifs is 4. The quantitative estimate of drug-likeness (QED) is 0.222. The molecule has 0 bridgehead atoms. The lowest BCUT2D eigenvalue weighted by Gasteiger charge is -2.42. The molecule has 1 saturated heterocycles. The number of aromatic hydroxyl groups is 1. The number of aliphatic carboxylic acids is 1. The summed E-state index contributed by atoms with van der Waals surface area (Å²) in [5.74, 6) is -3.82. The highest BCUT2D eigenvalue weighted by atomic mass is 16.4. The van der Waals surface area contributed by atoms with Crippen molar-refractivity contribution in [2.45, 2.75) is 51.4 Å². The highest BCUT2D eigenvalue weighted by Gasteiger charge is 2.56. The van der Waals surface area contributed by atoms with Gasteiger partial charge in [0.1, 0.15) is 5.75 Å². The Kier molecular flexibility index (Phi) is 6.72. The molecule has 41 heavy (non-hydrogen) atoms. The number of carboxylic acids is 1. The van der Waals surface area contributed by atoms with E-state index in [4.69, 9.17) is 5.11 Å². The second kappa shape index (κ2) is 10.3. The molecule has 2 aromatic carbocycles. The van der Waals surface area contributed by atoms with Crippen molar-refractivity contribution in [3.05, 3.63) is 76.4 Å². The fourth-order valence-corrected chi connectivity index (χ4v) is 7.28. The van der Waals surface area contributed by atoms with Crippen molar-refractivity contribution in [3.8, 4) is 5.75 Å². The minimum atomic E-state index is -0.870. The molecule has 1 heterocycles. The Morgan fingerprint density at radius 1 is 0.951 bits per heavy atom. The Morgan fingerprint density at radius 3 is 2.46 bits per heavy atom. The van der Waals surface area contributed by atoms with Crippen molar-refractivity contribution < 1.29 is 34.2 Å². The standard InChI is InChI=1S/C33H31NO7/c1-17-15-26(36)24-16-23-21(10-11-22-29(23)33(41)34(32(22)40)14-6-2-3-9-27(37)38)28(30(24)31(17)39)20-12-13-25(35)19-8-5-4-7-18(19)20/h4-5,7-8,10,12-13,15,22-23,28-29,35H,2-3,6,9,11,14,16H2,1H3,(H,37,38). The van der Waals surface area contributed by atoms with Gasteiger partial charge in [0.05, 0.1) is 11.8 Å². The summed E-state index contributed by atoms with van der Waals surface area (Å²) in [4.78, 5) is 66.4. The number of hydrogen-bond donors (Lipinski definition) is 2. The molecule has 3 aliphatic carbocycles. The van der Waals surface area contributed by atoms with E-state index in [1.165, 1.54) is 11.0 Å². The van der Waals surface area contributed by atoms with E-state index in [-0.39, 0.29) is 48.5 Å². The van der Waals surface area contributed by atoms with Crippen molar-refractivity contribution in [3.63, 3.8) is 0 Å². The van der Waals surface area contributed by atoms with Crippen LogP contribution in [-0.4, -0.2) is 51.0 Å². The second-order valence-corrected chi connectivity index (χ2v) is 11.5.